The summed E-state index contributed by atoms with van der Waals surface area (Å²) >= 11 is 0. The average Bonchev–Trinajstić information content (AvgIpc) is 2.30. The second kappa shape index (κ2) is 12.1. The molecule has 7 nitrogen and oxygen atoms in total. The van der Waals surface area contributed by atoms with Crippen molar-refractivity contribution in [1.29, 1.82) is 0 Å². The fourth-order valence-corrected chi connectivity index (χ4v) is 0.826. The number of aliphatic hydroxyl groups excluding tert-OH is 2. The van der Waals surface area contributed by atoms with Gasteiger partial charge in [-0.2, -0.15) is 7.11 Å². The Morgan fingerprint density at radius 2 is 1.78 bits per heavy atom. The smallest absolute Gasteiger partial charge is 0.857 e. The van der Waals surface area contributed by atoms with Gasteiger partial charge in [-0.25, -0.2) is 0 Å². The van der Waals surface area contributed by atoms with Crippen LogP contribution in [0.15, 0.2) is 0 Å². The normalized spacial score (nSPS) is 11.4. The topological polar surface area (TPSA) is 133 Å². The minimum atomic E-state index is -1.37. The third kappa shape index (κ3) is 10.0. The van der Waals surface area contributed by atoms with Gasteiger partial charge in [0.25, 0.3) is 0 Å². The molecule has 3 N–H and O–H groups in total. The molecule has 0 aromatic rings. The number of hydrogen-bond acceptors (Lipinski definition) is 6. The Balaban J connectivity index is -0.000000709. The van der Waals surface area contributed by atoms with Gasteiger partial charge in [0.05, 0.1) is 6.61 Å². The standard InChI is InChI=1S/C9H17NO5.CH3O.Ca/c1-9(2,5-11)7(14)8(15)10-4-3-6(12)13;1-2;/h7,11,14H,3-5H2,1-2H3,(H,10,15)(H,12,13);1H3;/q;-1;+2/p-1/t7-;;/m1../s1. The van der Waals surface area contributed by atoms with E-state index in [0.29, 0.717) is 0 Å². The van der Waals surface area contributed by atoms with E-state index >= 15 is 0 Å². The minimum Gasteiger partial charge on any atom is -0.857 e. The molecule has 1 amide bonds. The van der Waals surface area contributed by atoms with E-state index in [0.717, 1.165) is 7.11 Å². The predicted molar refractivity (Wildman–Crippen MR) is 61.2 cm³/mol. The van der Waals surface area contributed by atoms with Gasteiger partial charge < -0.3 is 30.5 Å². The maximum absolute atomic E-state index is 11.2. The van der Waals surface area contributed by atoms with Gasteiger partial charge in [-0.05, 0) is 0 Å². The van der Waals surface area contributed by atoms with Crippen LogP contribution in [0.1, 0.15) is 20.3 Å². The van der Waals surface area contributed by atoms with Crippen molar-refractivity contribution >= 4 is 49.6 Å². The summed E-state index contributed by atoms with van der Waals surface area (Å²) in [6.07, 6.45) is -1.68. The number of hydrogen-bond donors (Lipinski definition) is 3. The molecule has 18 heavy (non-hydrogen) atoms. The number of amides is 1. The fraction of sp³-hybridized carbons (Fsp3) is 0.800. The summed E-state index contributed by atoms with van der Waals surface area (Å²) in [5, 5.41) is 38.9. The first-order chi connectivity index (χ1) is 7.81. The molecule has 0 unspecified atom stereocenters. The van der Waals surface area contributed by atoms with Crippen molar-refractivity contribution < 1.29 is 30.0 Å². The zero-order valence-electron chi connectivity index (χ0n) is 10.9. The van der Waals surface area contributed by atoms with Crippen LogP contribution in [0.2, 0.25) is 0 Å². The molecule has 0 saturated carbocycles. The van der Waals surface area contributed by atoms with Gasteiger partial charge in [-0.15, -0.1) is 0 Å². The second-order valence-corrected chi connectivity index (χ2v) is 3.96. The number of nitrogens with one attached hydrogen (secondary N) is 1. The molecule has 0 aromatic heterocycles. The van der Waals surface area contributed by atoms with Gasteiger partial charge in [0, 0.05) is 24.3 Å². The molecule has 8 heteroatoms. The van der Waals surface area contributed by atoms with Gasteiger partial charge in [0.15, 0.2) is 0 Å². The van der Waals surface area contributed by atoms with E-state index in [9.17, 15) is 19.8 Å². The Kier molecular flexibility index (Phi) is 15.6. The molecule has 0 aliphatic heterocycles. The molecule has 0 radical (unpaired) electrons. The van der Waals surface area contributed by atoms with Crippen LogP contribution < -0.4 is 15.5 Å². The molecule has 0 heterocycles. The molecule has 0 fully saturated rings. The largest absolute Gasteiger partial charge is 2.00 e. The van der Waals surface area contributed by atoms with Crippen LogP contribution in [0.25, 0.3) is 0 Å². The summed E-state index contributed by atoms with van der Waals surface area (Å²) in [6, 6.07) is 0. The molecule has 0 aliphatic carbocycles. The zero-order valence-corrected chi connectivity index (χ0v) is 13.1. The molecule has 1 atom stereocenters. The van der Waals surface area contributed by atoms with Crippen molar-refractivity contribution in [1.82, 2.24) is 5.32 Å². The van der Waals surface area contributed by atoms with E-state index in [1.54, 1.807) is 0 Å². The summed E-state index contributed by atoms with van der Waals surface area (Å²) in [5.41, 5.74) is -0.953. The summed E-state index contributed by atoms with van der Waals surface area (Å²) in [5.74, 6) is -1.97. The van der Waals surface area contributed by atoms with Crippen molar-refractivity contribution in [2.24, 2.45) is 5.41 Å². The van der Waals surface area contributed by atoms with Gasteiger partial charge >= 0.3 is 37.7 Å². The SMILES string of the molecule is CC(C)(CO)[C@H](O)C(=O)NCCC(=O)[O-].C[O-].[Ca+2]. The first kappa shape index (κ1) is 23.2. The number of carboxylic acid groups (broad SMARTS) is 1. The van der Waals surface area contributed by atoms with Crippen LogP contribution in [0.4, 0.5) is 0 Å². The van der Waals surface area contributed by atoms with E-state index in [1.807, 2.05) is 0 Å². The van der Waals surface area contributed by atoms with E-state index < -0.39 is 23.4 Å². The van der Waals surface area contributed by atoms with Crippen LogP contribution in [0.3, 0.4) is 0 Å². The Morgan fingerprint density at radius 1 is 1.33 bits per heavy atom. The number of carboxylic acids is 1. The number of carbonyl (C=O) groups is 2. The van der Waals surface area contributed by atoms with Crippen molar-refractivity contribution in [3.05, 3.63) is 0 Å². The maximum Gasteiger partial charge on any atom is 2.00 e. The summed E-state index contributed by atoms with van der Waals surface area (Å²) in [4.78, 5) is 21.3. The summed E-state index contributed by atoms with van der Waals surface area (Å²) in [6.45, 7) is 2.60. The Morgan fingerprint density at radius 3 is 2.11 bits per heavy atom. The molecular formula is C10H19CaNO6. The van der Waals surface area contributed by atoms with E-state index in [2.05, 4.69) is 5.32 Å². The molecule has 0 rings (SSSR count). The van der Waals surface area contributed by atoms with Crippen molar-refractivity contribution in [2.75, 3.05) is 20.3 Å². The number of rotatable bonds is 6. The van der Waals surface area contributed by atoms with Crippen LogP contribution in [0, 0.1) is 5.41 Å². The molecule has 0 aromatic carbocycles. The van der Waals surface area contributed by atoms with E-state index in [4.69, 9.17) is 10.2 Å². The maximum atomic E-state index is 11.2. The number of carbonyl (C=O) groups excluding carboxylic acids is 2. The van der Waals surface area contributed by atoms with Crippen molar-refractivity contribution in [3.8, 4) is 0 Å². The molecule has 102 valence electrons. The second-order valence-electron chi connectivity index (χ2n) is 3.96. The summed E-state index contributed by atoms with van der Waals surface area (Å²) in [7, 11) is 0.750. The number of aliphatic carboxylic acids is 1. The van der Waals surface area contributed by atoms with Crippen LogP contribution in [-0.2, 0) is 9.59 Å². The van der Waals surface area contributed by atoms with Crippen molar-refractivity contribution in [3.63, 3.8) is 0 Å². The average molecular weight is 289 g/mol. The van der Waals surface area contributed by atoms with Crippen LogP contribution in [-0.4, -0.2) is 86.2 Å². The monoisotopic (exact) mass is 289 g/mol. The van der Waals surface area contributed by atoms with Crippen molar-refractivity contribution in [2.45, 2.75) is 26.4 Å². The van der Waals surface area contributed by atoms with Gasteiger partial charge in [-0.3, -0.25) is 4.79 Å². The predicted octanol–water partition coefficient (Wildman–Crippen LogP) is -3.78. The summed E-state index contributed by atoms with van der Waals surface area (Å²) < 4.78 is 0. The fourth-order valence-electron chi connectivity index (χ4n) is 0.826. The van der Waals surface area contributed by atoms with Gasteiger partial charge in [-0.1, -0.05) is 13.8 Å². The first-order valence-corrected chi connectivity index (χ1v) is 4.98. The van der Waals surface area contributed by atoms with E-state index in [-0.39, 0.29) is 57.3 Å². The Hall–Kier alpha value is 0.0797. The Labute approximate surface area is 136 Å². The molecule has 0 saturated heterocycles. The molecular weight excluding hydrogens is 270 g/mol. The quantitative estimate of drug-likeness (QED) is 0.430. The van der Waals surface area contributed by atoms with E-state index in [1.165, 1.54) is 13.8 Å². The number of aliphatic hydroxyl groups is 2. The third-order valence-electron chi connectivity index (χ3n) is 2.02. The van der Waals surface area contributed by atoms with Crippen LogP contribution in [0.5, 0.6) is 0 Å². The molecule has 0 aliphatic rings. The third-order valence-corrected chi connectivity index (χ3v) is 2.02. The van der Waals surface area contributed by atoms with Crippen LogP contribution >= 0.6 is 0 Å². The first-order valence-electron chi connectivity index (χ1n) is 4.98. The van der Waals surface area contributed by atoms with Gasteiger partial charge in [0.1, 0.15) is 6.10 Å². The van der Waals surface area contributed by atoms with Gasteiger partial charge in [0.2, 0.25) is 5.91 Å². The molecule has 0 spiro atoms. The molecule has 0 bridgehead atoms. The zero-order chi connectivity index (χ0) is 14.1. The minimum absolute atomic E-state index is 0. The Bertz CT molecular complexity index is 247.